The van der Waals surface area contributed by atoms with Gasteiger partial charge in [0.25, 0.3) is 11.8 Å². The number of carbonyl (C=O) groups is 2. The first-order valence-corrected chi connectivity index (χ1v) is 8.18. The second-order valence-electron chi connectivity index (χ2n) is 5.12. The van der Waals surface area contributed by atoms with E-state index in [-0.39, 0.29) is 11.8 Å². The molecule has 0 N–H and O–H groups in total. The summed E-state index contributed by atoms with van der Waals surface area (Å²) in [5, 5.41) is 1.77. The van der Waals surface area contributed by atoms with Crippen LogP contribution in [0, 0.1) is 0 Å². The zero-order valence-corrected chi connectivity index (χ0v) is 12.8. The molecule has 3 nitrogen and oxygen atoms in total. The quantitative estimate of drug-likeness (QED) is 0.527. The Bertz CT molecular complexity index is 519. The second-order valence-corrected chi connectivity index (χ2v) is 6.03. The second kappa shape index (κ2) is 6.84. The van der Waals surface area contributed by atoms with Gasteiger partial charge in [-0.3, -0.25) is 14.5 Å². The Morgan fingerprint density at radius 2 is 1.85 bits per heavy atom. The van der Waals surface area contributed by atoms with Crippen LogP contribution in [0.4, 0.5) is 0 Å². The number of amides is 2. The summed E-state index contributed by atoms with van der Waals surface area (Å²) in [6, 6.07) is 0. The molecule has 2 amide bonds. The zero-order chi connectivity index (χ0) is 14.5. The fourth-order valence-electron chi connectivity index (χ4n) is 2.53. The van der Waals surface area contributed by atoms with Gasteiger partial charge < -0.3 is 0 Å². The van der Waals surface area contributed by atoms with Crippen molar-refractivity contribution in [2.24, 2.45) is 0 Å². The predicted octanol–water partition coefficient (Wildman–Crippen LogP) is 4.35. The Morgan fingerprint density at radius 1 is 1.15 bits per heavy atom. The number of fused-ring (bicyclic) bond motifs is 1. The van der Waals surface area contributed by atoms with Crippen LogP contribution in [-0.2, 0) is 0 Å². The van der Waals surface area contributed by atoms with Gasteiger partial charge in [-0.25, -0.2) is 0 Å². The lowest BCUT2D eigenvalue weighted by atomic mass is 10.1. The minimum absolute atomic E-state index is 0.136. The van der Waals surface area contributed by atoms with Gasteiger partial charge in [-0.15, -0.1) is 11.3 Å². The van der Waals surface area contributed by atoms with E-state index in [0.717, 1.165) is 17.7 Å². The number of nitrogens with zero attached hydrogens (tertiary/aromatic N) is 1. The standard InChI is InChI=1S/C16H21NO2S/c1-3-5-6-7-8-9-10-17-15(18)12-11-20-13(4-2)14(12)16(17)19/h4,11H,2-3,5-10H2,1H3. The number of thiophene rings is 1. The summed E-state index contributed by atoms with van der Waals surface area (Å²) in [6.07, 6.45) is 8.56. The van der Waals surface area contributed by atoms with E-state index in [0.29, 0.717) is 17.7 Å². The Hall–Kier alpha value is -1.42. The van der Waals surface area contributed by atoms with Crippen LogP contribution in [0.25, 0.3) is 6.08 Å². The van der Waals surface area contributed by atoms with Gasteiger partial charge in [-0.2, -0.15) is 0 Å². The molecular weight excluding hydrogens is 270 g/mol. The molecule has 1 aliphatic heterocycles. The van der Waals surface area contributed by atoms with E-state index >= 15 is 0 Å². The minimum atomic E-state index is -0.144. The average molecular weight is 291 g/mol. The summed E-state index contributed by atoms with van der Waals surface area (Å²) < 4.78 is 0. The predicted molar refractivity (Wildman–Crippen MR) is 83.2 cm³/mol. The zero-order valence-electron chi connectivity index (χ0n) is 12.0. The van der Waals surface area contributed by atoms with Gasteiger partial charge in [0.05, 0.1) is 11.1 Å². The smallest absolute Gasteiger partial charge is 0.263 e. The fraction of sp³-hybridized carbons (Fsp3) is 0.500. The van der Waals surface area contributed by atoms with E-state index in [1.807, 2.05) is 0 Å². The van der Waals surface area contributed by atoms with E-state index in [1.165, 1.54) is 41.9 Å². The number of imide groups is 1. The molecule has 0 spiro atoms. The van der Waals surface area contributed by atoms with Gasteiger partial charge in [-0.05, 0) is 6.42 Å². The van der Waals surface area contributed by atoms with Crippen molar-refractivity contribution in [3.05, 3.63) is 28.0 Å². The molecule has 1 aromatic heterocycles. The first-order chi connectivity index (χ1) is 9.70. The van der Waals surface area contributed by atoms with Gasteiger partial charge in [0.2, 0.25) is 0 Å². The number of carbonyl (C=O) groups excluding carboxylic acids is 2. The van der Waals surface area contributed by atoms with Crippen molar-refractivity contribution in [3.63, 3.8) is 0 Å². The number of unbranched alkanes of at least 4 members (excludes halogenated alkanes) is 5. The summed E-state index contributed by atoms with van der Waals surface area (Å²) in [6.45, 7) is 6.43. The van der Waals surface area contributed by atoms with E-state index in [4.69, 9.17) is 0 Å². The third kappa shape index (κ3) is 2.85. The largest absolute Gasteiger partial charge is 0.274 e. The molecule has 1 aromatic rings. The van der Waals surface area contributed by atoms with E-state index in [1.54, 1.807) is 11.5 Å². The Kier molecular flexibility index (Phi) is 5.12. The van der Waals surface area contributed by atoms with Crippen LogP contribution in [-0.4, -0.2) is 23.3 Å². The summed E-state index contributed by atoms with van der Waals surface area (Å²) in [7, 11) is 0. The monoisotopic (exact) mass is 291 g/mol. The Balaban J connectivity index is 1.89. The molecule has 2 heterocycles. The average Bonchev–Trinajstić information content (AvgIpc) is 2.97. The van der Waals surface area contributed by atoms with Crippen molar-refractivity contribution in [1.29, 1.82) is 0 Å². The van der Waals surface area contributed by atoms with Crippen LogP contribution in [0.15, 0.2) is 12.0 Å². The summed E-state index contributed by atoms with van der Waals surface area (Å²) in [4.78, 5) is 26.7. The van der Waals surface area contributed by atoms with Crippen LogP contribution in [0.3, 0.4) is 0 Å². The van der Waals surface area contributed by atoms with Crippen LogP contribution < -0.4 is 0 Å². The van der Waals surface area contributed by atoms with Crippen molar-refractivity contribution >= 4 is 29.2 Å². The van der Waals surface area contributed by atoms with Gasteiger partial charge in [0, 0.05) is 16.8 Å². The first-order valence-electron chi connectivity index (χ1n) is 7.30. The maximum Gasteiger partial charge on any atom is 0.263 e. The maximum atomic E-state index is 12.3. The minimum Gasteiger partial charge on any atom is -0.274 e. The van der Waals surface area contributed by atoms with E-state index < -0.39 is 0 Å². The molecule has 0 saturated heterocycles. The van der Waals surface area contributed by atoms with Crippen LogP contribution in [0.5, 0.6) is 0 Å². The molecule has 0 unspecified atom stereocenters. The molecule has 0 atom stereocenters. The first kappa shape index (κ1) is 15.0. The fourth-order valence-corrected chi connectivity index (χ4v) is 3.40. The molecule has 20 heavy (non-hydrogen) atoms. The molecule has 4 heteroatoms. The number of rotatable bonds is 8. The summed E-state index contributed by atoms with van der Waals surface area (Å²) in [5.41, 5.74) is 1.11. The van der Waals surface area contributed by atoms with Crippen molar-refractivity contribution in [3.8, 4) is 0 Å². The van der Waals surface area contributed by atoms with Crippen molar-refractivity contribution in [2.75, 3.05) is 6.54 Å². The topological polar surface area (TPSA) is 37.4 Å². The van der Waals surface area contributed by atoms with Gasteiger partial charge in [-0.1, -0.05) is 51.7 Å². The maximum absolute atomic E-state index is 12.3. The Labute approximate surface area is 124 Å². The third-order valence-corrected chi connectivity index (χ3v) is 4.65. The van der Waals surface area contributed by atoms with Crippen LogP contribution in [0.2, 0.25) is 0 Å². The van der Waals surface area contributed by atoms with Gasteiger partial charge in [0.1, 0.15) is 0 Å². The summed E-state index contributed by atoms with van der Waals surface area (Å²) in [5.74, 6) is -0.280. The highest BCUT2D eigenvalue weighted by Gasteiger charge is 2.37. The van der Waals surface area contributed by atoms with Gasteiger partial charge >= 0.3 is 0 Å². The Morgan fingerprint density at radius 3 is 2.55 bits per heavy atom. The molecule has 1 aliphatic rings. The van der Waals surface area contributed by atoms with E-state index in [2.05, 4.69) is 13.5 Å². The molecule has 0 bridgehead atoms. The number of hydrogen-bond donors (Lipinski definition) is 0. The van der Waals surface area contributed by atoms with Crippen LogP contribution >= 0.6 is 11.3 Å². The highest BCUT2D eigenvalue weighted by molar-refractivity contribution is 7.11. The third-order valence-electron chi connectivity index (χ3n) is 3.67. The van der Waals surface area contributed by atoms with Crippen LogP contribution in [0.1, 0.15) is 71.0 Å². The highest BCUT2D eigenvalue weighted by Crippen LogP contribution is 2.32. The normalized spacial score (nSPS) is 13.9. The SMILES string of the molecule is C=Cc1scc2c1C(=O)N(CCCCCCCC)C2=O. The highest BCUT2D eigenvalue weighted by atomic mass is 32.1. The van der Waals surface area contributed by atoms with Crippen molar-refractivity contribution in [1.82, 2.24) is 4.90 Å². The molecule has 0 radical (unpaired) electrons. The lowest BCUT2D eigenvalue weighted by Crippen LogP contribution is -2.31. The molecule has 0 saturated carbocycles. The summed E-state index contributed by atoms with van der Waals surface area (Å²) >= 11 is 1.41. The van der Waals surface area contributed by atoms with Gasteiger partial charge in [0.15, 0.2) is 0 Å². The van der Waals surface area contributed by atoms with Crippen molar-refractivity contribution in [2.45, 2.75) is 45.4 Å². The number of hydrogen-bond acceptors (Lipinski definition) is 3. The molecule has 0 aromatic carbocycles. The molecule has 2 rings (SSSR count). The molecular formula is C16H21NO2S. The molecule has 108 valence electrons. The lowest BCUT2D eigenvalue weighted by molar-refractivity contribution is 0.0651. The molecule has 0 aliphatic carbocycles. The lowest BCUT2D eigenvalue weighted by Gasteiger charge is -2.13. The van der Waals surface area contributed by atoms with Crippen molar-refractivity contribution < 1.29 is 9.59 Å². The molecule has 0 fully saturated rings. The van der Waals surface area contributed by atoms with E-state index in [9.17, 15) is 9.59 Å².